The van der Waals surface area contributed by atoms with Gasteiger partial charge in [-0.1, -0.05) is 0 Å². The lowest BCUT2D eigenvalue weighted by atomic mass is 10.2. The molecule has 0 aliphatic carbocycles. The third-order valence-electron chi connectivity index (χ3n) is 2.13. The van der Waals surface area contributed by atoms with Crippen molar-refractivity contribution in [3.05, 3.63) is 37.8 Å². The fraction of sp³-hybridized carbons (Fsp3) is 0.400. The summed E-state index contributed by atoms with van der Waals surface area (Å²) < 4.78 is 29.9. The molecular formula is C10H10F2N2O5. The molecule has 0 bridgehead atoms. The summed E-state index contributed by atoms with van der Waals surface area (Å²) in [5.74, 6) is -0.729. The topological polar surface area (TPSA) is 102 Å². The molecule has 0 amide bonds. The van der Waals surface area contributed by atoms with Crippen LogP contribution in [-0.4, -0.2) is 22.5 Å². The van der Waals surface area contributed by atoms with Gasteiger partial charge in [0, 0.05) is 11.8 Å². The van der Waals surface area contributed by atoms with Crippen molar-refractivity contribution >= 4 is 11.7 Å². The Hall–Kier alpha value is -2.32. The van der Waals surface area contributed by atoms with E-state index in [1.165, 1.54) is 0 Å². The summed E-state index contributed by atoms with van der Waals surface area (Å²) in [6.45, 7) is 1.65. The number of halogens is 2. The van der Waals surface area contributed by atoms with Crippen LogP contribution in [0, 0.1) is 10.1 Å². The first-order valence-corrected chi connectivity index (χ1v) is 5.21. The highest BCUT2D eigenvalue weighted by Crippen LogP contribution is 2.24. The lowest BCUT2D eigenvalue weighted by molar-refractivity contribution is -0.387. The number of carbonyl (C=O) groups is 1. The number of aromatic nitrogens is 1. The van der Waals surface area contributed by atoms with Crippen molar-refractivity contribution in [2.75, 3.05) is 6.61 Å². The number of hydrogen-bond donors (Lipinski definition) is 1. The fourth-order valence-electron chi connectivity index (χ4n) is 1.44. The molecule has 0 aliphatic rings. The van der Waals surface area contributed by atoms with E-state index in [-0.39, 0.29) is 12.3 Å². The van der Waals surface area contributed by atoms with E-state index in [2.05, 4.69) is 4.74 Å². The summed E-state index contributed by atoms with van der Waals surface area (Å²) in [6, 6.07) is 0.737. The molecule has 1 heterocycles. The predicted molar refractivity (Wildman–Crippen MR) is 59.0 cm³/mol. The lowest BCUT2D eigenvalue weighted by Gasteiger charge is -2.06. The third kappa shape index (κ3) is 3.57. The summed E-state index contributed by atoms with van der Waals surface area (Å²) >= 11 is 0. The number of esters is 1. The van der Waals surface area contributed by atoms with Crippen molar-refractivity contribution in [2.24, 2.45) is 0 Å². The highest BCUT2D eigenvalue weighted by molar-refractivity contribution is 5.72. The molecule has 7 nitrogen and oxygen atoms in total. The van der Waals surface area contributed by atoms with Crippen LogP contribution < -0.4 is 5.43 Å². The Bertz CT molecular complexity index is 555. The number of nitro groups is 1. The van der Waals surface area contributed by atoms with Crippen molar-refractivity contribution in [1.29, 1.82) is 0 Å². The quantitative estimate of drug-likeness (QED) is 0.496. The molecule has 0 spiro atoms. The van der Waals surface area contributed by atoms with Crippen molar-refractivity contribution < 1.29 is 23.2 Å². The number of nitrogens with one attached hydrogen (secondary N) is 1. The zero-order valence-corrected chi connectivity index (χ0v) is 9.81. The Morgan fingerprint density at radius 1 is 1.58 bits per heavy atom. The number of rotatable bonds is 5. The van der Waals surface area contributed by atoms with Gasteiger partial charge in [0.25, 0.3) is 11.9 Å². The van der Waals surface area contributed by atoms with E-state index in [4.69, 9.17) is 0 Å². The van der Waals surface area contributed by atoms with Gasteiger partial charge in [-0.05, 0) is 6.92 Å². The maximum atomic E-state index is 12.6. The molecule has 0 aliphatic heterocycles. The van der Waals surface area contributed by atoms with E-state index >= 15 is 0 Å². The van der Waals surface area contributed by atoms with Crippen LogP contribution in [0.15, 0.2) is 10.9 Å². The first-order chi connectivity index (χ1) is 8.86. The van der Waals surface area contributed by atoms with Gasteiger partial charge >= 0.3 is 11.7 Å². The molecule has 0 atom stereocenters. The van der Waals surface area contributed by atoms with Crippen LogP contribution in [0.4, 0.5) is 14.5 Å². The average Bonchev–Trinajstić information content (AvgIpc) is 2.27. The van der Waals surface area contributed by atoms with Crippen molar-refractivity contribution in [2.45, 2.75) is 19.8 Å². The van der Waals surface area contributed by atoms with E-state index < -0.39 is 40.5 Å². The number of nitrogens with zero attached hydrogens (tertiary/aromatic N) is 1. The molecule has 1 N–H and O–H groups in total. The van der Waals surface area contributed by atoms with Crippen LogP contribution in [0.2, 0.25) is 0 Å². The average molecular weight is 276 g/mol. The lowest BCUT2D eigenvalue weighted by Crippen LogP contribution is -2.17. The van der Waals surface area contributed by atoms with E-state index in [0.29, 0.717) is 0 Å². The summed E-state index contributed by atoms with van der Waals surface area (Å²) in [5, 5.41) is 10.5. The monoisotopic (exact) mass is 276 g/mol. The minimum atomic E-state index is -3.23. The molecule has 1 aromatic rings. The molecule has 0 radical (unpaired) electrons. The third-order valence-corrected chi connectivity index (χ3v) is 2.13. The number of H-pyrrole nitrogens is 1. The number of alkyl halides is 2. The summed E-state index contributed by atoms with van der Waals surface area (Å²) in [7, 11) is 0. The Labute approximate surface area is 105 Å². The molecule has 1 rings (SSSR count). The van der Waals surface area contributed by atoms with Crippen molar-refractivity contribution in [3.8, 4) is 0 Å². The number of carbonyl (C=O) groups excluding carboxylic acids is 1. The predicted octanol–water partition coefficient (Wildman–Crippen LogP) is 1.33. The van der Waals surface area contributed by atoms with E-state index in [1.807, 2.05) is 4.98 Å². The second-order valence-electron chi connectivity index (χ2n) is 3.46. The largest absolute Gasteiger partial charge is 0.466 e. The van der Waals surface area contributed by atoms with Gasteiger partial charge in [-0.3, -0.25) is 19.7 Å². The van der Waals surface area contributed by atoms with Crippen LogP contribution in [0.25, 0.3) is 0 Å². The molecule has 1 aromatic heterocycles. The zero-order valence-electron chi connectivity index (χ0n) is 9.81. The van der Waals surface area contributed by atoms with Crippen molar-refractivity contribution in [1.82, 2.24) is 4.98 Å². The van der Waals surface area contributed by atoms with Crippen LogP contribution in [0.5, 0.6) is 0 Å². The second-order valence-corrected chi connectivity index (χ2v) is 3.46. The molecule has 0 saturated carbocycles. The Morgan fingerprint density at radius 3 is 2.68 bits per heavy atom. The molecule has 0 fully saturated rings. The minimum Gasteiger partial charge on any atom is -0.466 e. The molecule has 0 aromatic carbocycles. The van der Waals surface area contributed by atoms with Gasteiger partial charge in [0.1, 0.15) is 0 Å². The van der Waals surface area contributed by atoms with Gasteiger partial charge in [-0.15, -0.1) is 0 Å². The number of ether oxygens (including phenoxy) is 1. The van der Waals surface area contributed by atoms with Gasteiger partial charge < -0.3 is 9.72 Å². The van der Waals surface area contributed by atoms with E-state index in [0.717, 1.165) is 6.07 Å². The zero-order chi connectivity index (χ0) is 14.6. The van der Waals surface area contributed by atoms with E-state index in [1.54, 1.807) is 6.92 Å². The standard InChI is InChI=1S/C10H10F2N2O5/c1-2-19-7(16)4-5-3-6(15)9(14(17)18)8(13-5)10(11)12/h3,10H,2,4H2,1H3,(H,13,15). The molecular weight excluding hydrogens is 266 g/mol. The van der Waals surface area contributed by atoms with Gasteiger partial charge in [0.05, 0.1) is 18.0 Å². The molecule has 9 heteroatoms. The smallest absolute Gasteiger partial charge is 0.341 e. The maximum Gasteiger partial charge on any atom is 0.341 e. The van der Waals surface area contributed by atoms with Gasteiger partial charge in [-0.25, -0.2) is 8.78 Å². The Kier molecular flexibility index (Phi) is 4.67. The van der Waals surface area contributed by atoms with Gasteiger partial charge in [-0.2, -0.15) is 0 Å². The first kappa shape index (κ1) is 14.7. The van der Waals surface area contributed by atoms with Crippen molar-refractivity contribution in [3.63, 3.8) is 0 Å². The molecule has 0 unspecified atom stereocenters. The Balaban J connectivity index is 3.21. The summed E-state index contributed by atoms with van der Waals surface area (Å²) in [6.07, 6.45) is -3.67. The minimum absolute atomic E-state index is 0.0950. The molecule has 19 heavy (non-hydrogen) atoms. The SMILES string of the molecule is CCOC(=O)Cc1cc(=O)c([N+](=O)[O-])c(C(F)F)[nH]1. The highest BCUT2D eigenvalue weighted by atomic mass is 19.3. The number of aromatic amines is 1. The fourth-order valence-corrected chi connectivity index (χ4v) is 1.44. The Morgan fingerprint density at radius 2 is 2.21 bits per heavy atom. The molecule has 0 saturated heterocycles. The highest BCUT2D eigenvalue weighted by Gasteiger charge is 2.27. The second kappa shape index (κ2) is 6.03. The van der Waals surface area contributed by atoms with E-state index in [9.17, 15) is 28.5 Å². The summed E-state index contributed by atoms with van der Waals surface area (Å²) in [4.78, 5) is 33.9. The molecule has 104 valence electrons. The van der Waals surface area contributed by atoms with Crippen LogP contribution in [0.3, 0.4) is 0 Å². The number of hydrogen-bond acceptors (Lipinski definition) is 5. The normalized spacial score (nSPS) is 10.5. The number of pyridine rings is 1. The van der Waals surface area contributed by atoms with Crippen LogP contribution >= 0.6 is 0 Å². The van der Waals surface area contributed by atoms with Crippen LogP contribution in [0.1, 0.15) is 24.7 Å². The van der Waals surface area contributed by atoms with Gasteiger partial charge in [0.15, 0.2) is 5.69 Å². The first-order valence-electron chi connectivity index (χ1n) is 5.21. The maximum absolute atomic E-state index is 12.6. The summed E-state index contributed by atoms with van der Waals surface area (Å²) in [5.41, 5.74) is -3.68. The van der Waals surface area contributed by atoms with Crippen LogP contribution in [-0.2, 0) is 16.0 Å². The van der Waals surface area contributed by atoms with Gasteiger partial charge in [0.2, 0.25) is 0 Å².